The van der Waals surface area contributed by atoms with Gasteiger partial charge in [0, 0.05) is 11.7 Å². The molecule has 0 saturated carbocycles. The summed E-state index contributed by atoms with van der Waals surface area (Å²) in [5.41, 5.74) is 2.02. The molecule has 96 valence electrons. The van der Waals surface area contributed by atoms with Gasteiger partial charge in [0.15, 0.2) is 0 Å². The molecule has 3 rings (SSSR count). The zero-order valence-corrected chi connectivity index (χ0v) is 11.5. The molecule has 0 bridgehead atoms. The molecule has 0 saturated heterocycles. The average Bonchev–Trinajstić information content (AvgIpc) is 3.03. The van der Waals surface area contributed by atoms with Crippen molar-refractivity contribution in [1.82, 2.24) is 15.1 Å². The summed E-state index contributed by atoms with van der Waals surface area (Å²) < 4.78 is 2.62. The van der Waals surface area contributed by atoms with Crippen LogP contribution in [-0.2, 0) is 0 Å². The molecule has 2 heterocycles. The second kappa shape index (κ2) is 4.51. The summed E-state index contributed by atoms with van der Waals surface area (Å²) in [4.78, 5) is 12.9. The van der Waals surface area contributed by atoms with Crippen LogP contribution >= 0.6 is 11.3 Å². The number of amides is 1. The Balaban J connectivity index is 2.23. The van der Waals surface area contributed by atoms with Crippen LogP contribution in [-0.4, -0.2) is 22.9 Å². The maximum atomic E-state index is 11.8. The normalized spacial score (nSPS) is 10.8. The number of aryl methyl sites for hydroxylation is 1. The number of thiophene rings is 1. The van der Waals surface area contributed by atoms with Crippen molar-refractivity contribution in [3.05, 3.63) is 42.1 Å². The van der Waals surface area contributed by atoms with Crippen LogP contribution in [0.25, 0.3) is 20.7 Å². The van der Waals surface area contributed by atoms with Crippen LogP contribution in [0.2, 0.25) is 0 Å². The number of carbonyl (C=O) groups is 1. The quantitative estimate of drug-likeness (QED) is 0.738. The average molecular weight is 271 g/mol. The molecule has 19 heavy (non-hydrogen) atoms. The Morgan fingerprint density at radius 3 is 2.84 bits per heavy atom. The molecule has 0 radical (unpaired) electrons. The number of nitrogens with one attached hydrogen (secondary N) is 1. The fourth-order valence-corrected chi connectivity index (χ4v) is 3.38. The molecule has 2 aromatic heterocycles. The molecule has 0 spiro atoms. The van der Waals surface area contributed by atoms with E-state index < -0.39 is 0 Å². The monoisotopic (exact) mass is 271 g/mol. The number of benzene rings is 1. The Hall–Kier alpha value is -2.14. The SMILES string of the molecule is CNC(=O)n1nccc1-c1sc2ccccc2c1C. The predicted octanol–water partition coefficient (Wildman–Crippen LogP) is 3.26. The van der Waals surface area contributed by atoms with E-state index in [0.29, 0.717) is 0 Å². The molecule has 1 aromatic carbocycles. The molecule has 4 nitrogen and oxygen atoms in total. The fraction of sp³-hybridized carbons (Fsp3) is 0.143. The smallest absolute Gasteiger partial charge is 0.339 e. The van der Waals surface area contributed by atoms with Crippen LogP contribution in [0.3, 0.4) is 0 Å². The first-order chi connectivity index (χ1) is 9.22. The first kappa shape index (κ1) is 11.9. The van der Waals surface area contributed by atoms with E-state index in [1.165, 1.54) is 20.3 Å². The second-order valence-electron chi connectivity index (χ2n) is 4.24. The summed E-state index contributed by atoms with van der Waals surface area (Å²) in [6, 6.07) is 9.90. The van der Waals surface area contributed by atoms with Gasteiger partial charge in [-0.25, -0.2) is 4.79 Å². The van der Waals surface area contributed by atoms with Crippen LogP contribution in [0.5, 0.6) is 0 Å². The lowest BCUT2D eigenvalue weighted by Crippen LogP contribution is -2.26. The van der Waals surface area contributed by atoms with E-state index in [2.05, 4.69) is 29.5 Å². The molecule has 3 aromatic rings. The lowest BCUT2D eigenvalue weighted by Gasteiger charge is -2.04. The Morgan fingerprint density at radius 2 is 2.11 bits per heavy atom. The fourth-order valence-electron chi connectivity index (χ4n) is 2.16. The number of aromatic nitrogens is 2. The van der Waals surface area contributed by atoms with E-state index in [9.17, 15) is 4.79 Å². The molecule has 0 atom stereocenters. The summed E-state index contributed by atoms with van der Waals surface area (Å²) in [5, 5.41) is 7.91. The van der Waals surface area contributed by atoms with Crippen molar-refractivity contribution in [2.45, 2.75) is 6.92 Å². The van der Waals surface area contributed by atoms with Gasteiger partial charge in [-0.05, 0) is 30.0 Å². The highest BCUT2D eigenvalue weighted by atomic mass is 32.1. The van der Waals surface area contributed by atoms with Crippen LogP contribution in [0.1, 0.15) is 5.56 Å². The molecular weight excluding hydrogens is 258 g/mol. The van der Waals surface area contributed by atoms with E-state index in [1.807, 2.05) is 18.2 Å². The molecule has 1 N–H and O–H groups in total. The van der Waals surface area contributed by atoms with Gasteiger partial charge >= 0.3 is 6.03 Å². The minimum absolute atomic E-state index is 0.225. The van der Waals surface area contributed by atoms with Crippen LogP contribution in [0.15, 0.2) is 36.5 Å². The van der Waals surface area contributed by atoms with Crippen molar-refractivity contribution >= 4 is 27.5 Å². The third-order valence-electron chi connectivity index (χ3n) is 3.13. The summed E-state index contributed by atoms with van der Waals surface area (Å²) in [5.74, 6) is 0. The number of rotatable bonds is 1. The topological polar surface area (TPSA) is 46.9 Å². The molecular formula is C14H13N3OS. The lowest BCUT2D eigenvalue weighted by atomic mass is 10.1. The van der Waals surface area contributed by atoms with Gasteiger partial charge in [0.1, 0.15) is 0 Å². The number of hydrogen-bond donors (Lipinski definition) is 1. The van der Waals surface area contributed by atoms with Crippen molar-refractivity contribution in [2.24, 2.45) is 0 Å². The zero-order valence-electron chi connectivity index (χ0n) is 10.7. The highest BCUT2D eigenvalue weighted by Crippen LogP contribution is 2.37. The standard InChI is InChI=1S/C14H13N3OS/c1-9-10-5-3-4-6-12(10)19-13(9)11-7-8-16-17(11)14(18)15-2/h3-8H,1-2H3,(H,15,18). The van der Waals surface area contributed by atoms with E-state index in [0.717, 1.165) is 10.6 Å². The third kappa shape index (κ3) is 1.82. The van der Waals surface area contributed by atoms with Crippen molar-refractivity contribution < 1.29 is 4.79 Å². The molecule has 0 fully saturated rings. The summed E-state index contributed by atoms with van der Waals surface area (Å²) >= 11 is 1.68. The predicted molar refractivity (Wildman–Crippen MR) is 77.6 cm³/mol. The number of hydrogen-bond acceptors (Lipinski definition) is 3. The molecule has 1 amide bonds. The van der Waals surface area contributed by atoms with Gasteiger partial charge in [0.25, 0.3) is 0 Å². The van der Waals surface area contributed by atoms with Gasteiger partial charge in [-0.15, -0.1) is 11.3 Å². The molecule has 0 aliphatic carbocycles. The van der Waals surface area contributed by atoms with Crippen LogP contribution in [0.4, 0.5) is 4.79 Å². The third-order valence-corrected chi connectivity index (χ3v) is 4.42. The van der Waals surface area contributed by atoms with Crippen molar-refractivity contribution in [2.75, 3.05) is 7.05 Å². The zero-order chi connectivity index (χ0) is 13.4. The van der Waals surface area contributed by atoms with E-state index in [1.54, 1.807) is 24.6 Å². The van der Waals surface area contributed by atoms with Gasteiger partial charge in [-0.2, -0.15) is 9.78 Å². The minimum Gasteiger partial charge on any atom is -0.339 e. The van der Waals surface area contributed by atoms with Gasteiger partial charge in [0.2, 0.25) is 0 Å². The number of carbonyl (C=O) groups excluding carboxylic acids is 1. The van der Waals surface area contributed by atoms with E-state index in [4.69, 9.17) is 0 Å². The maximum Gasteiger partial charge on any atom is 0.342 e. The summed E-state index contributed by atoms with van der Waals surface area (Å²) in [6.07, 6.45) is 1.65. The Bertz CT molecular complexity index is 757. The van der Waals surface area contributed by atoms with Gasteiger partial charge in [-0.1, -0.05) is 18.2 Å². The lowest BCUT2D eigenvalue weighted by molar-refractivity contribution is 0.242. The van der Waals surface area contributed by atoms with Gasteiger partial charge < -0.3 is 5.32 Å². The Labute approximate surface area is 114 Å². The van der Waals surface area contributed by atoms with E-state index >= 15 is 0 Å². The van der Waals surface area contributed by atoms with Crippen molar-refractivity contribution in [1.29, 1.82) is 0 Å². The molecule has 5 heteroatoms. The number of fused-ring (bicyclic) bond motifs is 1. The summed E-state index contributed by atoms with van der Waals surface area (Å²) in [7, 11) is 1.60. The maximum absolute atomic E-state index is 11.8. The van der Waals surface area contributed by atoms with Crippen molar-refractivity contribution in [3.8, 4) is 10.6 Å². The van der Waals surface area contributed by atoms with Crippen LogP contribution in [0, 0.1) is 6.92 Å². The highest BCUT2D eigenvalue weighted by Gasteiger charge is 2.16. The van der Waals surface area contributed by atoms with E-state index in [-0.39, 0.29) is 6.03 Å². The first-order valence-electron chi connectivity index (χ1n) is 5.97. The van der Waals surface area contributed by atoms with Gasteiger partial charge in [0.05, 0.1) is 16.8 Å². The van der Waals surface area contributed by atoms with Crippen molar-refractivity contribution in [3.63, 3.8) is 0 Å². The molecule has 0 unspecified atom stereocenters. The number of nitrogens with zero attached hydrogens (tertiary/aromatic N) is 2. The second-order valence-corrected chi connectivity index (χ2v) is 5.29. The Morgan fingerprint density at radius 1 is 1.32 bits per heavy atom. The molecule has 0 aliphatic rings. The first-order valence-corrected chi connectivity index (χ1v) is 6.78. The summed E-state index contributed by atoms with van der Waals surface area (Å²) in [6.45, 7) is 2.08. The minimum atomic E-state index is -0.225. The highest BCUT2D eigenvalue weighted by molar-refractivity contribution is 7.22. The van der Waals surface area contributed by atoms with Crippen LogP contribution < -0.4 is 5.32 Å². The largest absolute Gasteiger partial charge is 0.342 e. The Kier molecular flexibility index (Phi) is 2.83. The van der Waals surface area contributed by atoms with Gasteiger partial charge in [-0.3, -0.25) is 0 Å². The molecule has 0 aliphatic heterocycles.